The Hall–Kier alpha value is -0.740. The molecule has 0 heteroatoms. The number of hydrogen-bond acceptors (Lipinski definition) is 0. The van der Waals surface area contributed by atoms with Crippen LogP contribution in [-0.2, 0) is 0 Å². The molecule has 0 aromatic carbocycles. The molecular formula is C18H31. The number of allylic oxidation sites excluding steroid dienone is 3. The molecule has 0 heterocycles. The molecule has 0 amide bonds. The molecule has 0 aromatic heterocycles. The van der Waals surface area contributed by atoms with Crippen molar-refractivity contribution >= 4 is 0 Å². The van der Waals surface area contributed by atoms with Gasteiger partial charge in [0.25, 0.3) is 0 Å². The molecule has 1 radical (unpaired) electrons. The van der Waals surface area contributed by atoms with Crippen LogP contribution in [0.15, 0.2) is 30.0 Å². The Kier molecular flexibility index (Phi) is 15.6. The van der Waals surface area contributed by atoms with Gasteiger partial charge in [0.15, 0.2) is 0 Å². The van der Waals surface area contributed by atoms with Crippen LogP contribution in [0.25, 0.3) is 0 Å². The lowest BCUT2D eigenvalue weighted by Crippen LogP contribution is -1.77. The van der Waals surface area contributed by atoms with Gasteiger partial charge in [0.2, 0.25) is 0 Å². The van der Waals surface area contributed by atoms with Crippen molar-refractivity contribution in [3.8, 4) is 0 Å². The molecule has 0 spiro atoms. The van der Waals surface area contributed by atoms with E-state index in [0.29, 0.717) is 0 Å². The van der Waals surface area contributed by atoms with E-state index in [1.54, 1.807) is 0 Å². The van der Waals surface area contributed by atoms with E-state index in [4.69, 9.17) is 0 Å². The van der Waals surface area contributed by atoms with Crippen molar-refractivity contribution in [2.24, 2.45) is 0 Å². The number of unbranched alkanes of at least 4 members (excludes halogenated alkanes) is 8. The van der Waals surface area contributed by atoms with Crippen LogP contribution in [0.4, 0.5) is 0 Å². The van der Waals surface area contributed by atoms with Gasteiger partial charge in [-0.15, -0.1) is 5.73 Å². The van der Waals surface area contributed by atoms with Gasteiger partial charge in [0.1, 0.15) is 0 Å². The van der Waals surface area contributed by atoms with E-state index in [0.717, 1.165) is 12.8 Å². The third-order valence-electron chi connectivity index (χ3n) is 2.98. The fourth-order valence-electron chi connectivity index (χ4n) is 1.79. The summed E-state index contributed by atoms with van der Waals surface area (Å²) >= 11 is 0. The van der Waals surface area contributed by atoms with Gasteiger partial charge in [-0.25, -0.2) is 0 Å². The van der Waals surface area contributed by atoms with Crippen LogP contribution in [0.3, 0.4) is 0 Å². The third-order valence-corrected chi connectivity index (χ3v) is 2.98. The fraction of sp³-hybridized carbons (Fsp3) is 0.667. The summed E-state index contributed by atoms with van der Waals surface area (Å²) in [6.07, 6.45) is 22.7. The minimum absolute atomic E-state index is 1.03. The van der Waals surface area contributed by atoms with Crippen molar-refractivity contribution in [1.29, 1.82) is 0 Å². The van der Waals surface area contributed by atoms with Crippen LogP contribution in [0.5, 0.6) is 0 Å². The Morgan fingerprint density at radius 1 is 0.833 bits per heavy atom. The third kappa shape index (κ3) is 15.3. The molecule has 0 unspecified atom stereocenters. The zero-order chi connectivity index (χ0) is 13.3. The largest absolute Gasteiger partial charge is 0.129 e. The van der Waals surface area contributed by atoms with Gasteiger partial charge in [-0.05, 0) is 44.3 Å². The molecule has 0 fully saturated rings. The monoisotopic (exact) mass is 247 g/mol. The second-order valence-corrected chi connectivity index (χ2v) is 4.83. The van der Waals surface area contributed by atoms with Gasteiger partial charge in [0.05, 0.1) is 0 Å². The predicted octanol–water partition coefficient (Wildman–Crippen LogP) is 6.40. The van der Waals surface area contributed by atoms with E-state index in [-0.39, 0.29) is 0 Å². The molecule has 0 saturated heterocycles. The summed E-state index contributed by atoms with van der Waals surface area (Å²) in [5.74, 6) is 0. The molecular weight excluding hydrogens is 216 g/mol. The highest BCUT2D eigenvalue weighted by molar-refractivity contribution is 4.93. The average molecular weight is 247 g/mol. The molecule has 0 aliphatic carbocycles. The quantitative estimate of drug-likeness (QED) is 0.213. The molecule has 103 valence electrons. The van der Waals surface area contributed by atoms with Crippen molar-refractivity contribution in [2.45, 2.75) is 77.6 Å². The van der Waals surface area contributed by atoms with Crippen LogP contribution in [0.2, 0.25) is 0 Å². The first-order valence-electron chi connectivity index (χ1n) is 7.75. The van der Waals surface area contributed by atoms with E-state index < -0.39 is 0 Å². The Morgan fingerprint density at radius 2 is 1.61 bits per heavy atom. The number of hydrogen-bond donors (Lipinski definition) is 0. The summed E-state index contributed by atoms with van der Waals surface area (Å²) in [5, 5.41) is 0. The SMILES string of the molecule is [CH2]CCCCCCCC=CCC=C=CCCCC. The van der Waals surface area contributed by atoms with Crippen LogP contribution in [0, 0.1) is 6.92 Å². The highest BCUT2D eigenvalue weighted by Gasteiger charge is 1.87. The molecule has 0 aliphatic rings. The first-order chi connectivity index (χ1) is 8.91. The van der Waals surface area contributed by atoms with Crippen LogP contribution in [-0.4, -0.2) is 0 Å². The lowest BCUT2D eigenvalue weighted by Gasteiger charge is -1.97. The Balaban J connectivity index is 3.25. The lowest BCUT2D eigenvalue weighted by molar-refractivity contribution is 0.621. The molecule has 0 N–H and O–H groups in total. The molecule has 0 aromatic rings. The van der Waals surface area contributed by atoms with Gasteiger partial charge in [-0.3, -0.25) is 0 Å². The minimum atomic E-state index is 1.03. The van der Waals surface area contributed by atoms with Gasteiger partial charge in [-0.1, -0.05) is 64.5 Å². The van der Waals surface area contributed by atoms with Crippen molar-refractivity contribution in [3.63, 3.8) is 0 Å². The molecule has 18 heavy (non-hydrogen) atoms. The van der Waals surface area contributed by atoms with Crippen molar-refractivity contribution in [3.05, 3.63) is 37.0 Å². The fourth-order valence-corrected chi connectivity index (χ4v) is 1.79. The summed E-state index contributed by atoms with van der Waals surface area (Å²) in [4.78, 5) is 0. The molecule has 0 bridgehead atoms. The van der Waals surface area contributed by atoms with E-state index in [1.165, 1.54) is 57.8 Å². The van der Waals surface area contributed by atoms with Crippen LogP contribution >= 0.6 is 0 Å². The Morgan fingerprint density at radius 3 is 2.39 bits per heavy atom. The zero-order valence-corrected chi connectivity index (χ0v) is 12.3. The number of rotatable bonds is 12. The Bertz CT molecular complexity index is 228. The lowest BCUT2D eigenvalue weighted by atomic mass is 10.1. The maximum absolute atomic E-state index is 3.86. The zero-order valence-electron chi connectivity index (χ0n) is 12.3. The highest BCUT2D eigenvalue weighted by atomic mass is 13.9. The van der Waals surface area contributed by atoms with Crippen molar-refractivity contribution < 1.29 is 0 Å². The molecule has 0 saturated carbocycles. The summed E-state index contributed by atoms with van der Waals surface area (Å²) in [6, 6.07) is 0. The summed E-state index contributed by atoms with van der Waals surface area (Å²) < 4.78 is 0. The standard InChI is InChI=1S/C18H31/c1-3-5-7-9-11-13-15-17-18-16-14-12-10-8-6-4-2/h10,14,17-18H,1,3-9,11,13,15-16H2,2H3. The van der Waals surface area contributed by atoms with E-state index in [2.05, 4.69) is 43.9 Å². The molecule has 0 atom stereocenters. The van der Waals surface area contributed by atoms with Crippen LogP contribution in [0.1, 0.15) is 77.6 Å². The van der Waals surface area contributed by atoms with Gasteiger partial charge in [-0.2, -0.15) is 0 Å². The summed E-state index contributed by atoms with van der Waals surface area (Å²) in [6.45, 7) is 6.08. The maximum atomic E-state index is 3.86. The first kappa shape index (κ1) is 17.3. The highest BCUT2D eigenvalue weighted by Crippen LogP contribution is 2.07. The summed E-state index contributed by atoms with van der Waals surface area (Å²) in [7, 11) is 0. The van der Waals surface area contributed by atoms with Gasteiger partial charge < -0.3 is 0 Å². The molecule has 0 rings (SSSR count). The Labute approximate surface area is 115 Å². The molecule has 0 aliphatic heterocycles. The van der Waals surface area contributed by atoms with E-state index in [9.17, 15) is 0 Å². The molecule has 0 nitrogen and oxygen atoms in total. The summed E-state index contributed by atoms with van der Waals surface area (Å²) in [5.41, 5.74) is 3.24. The van der Waals surface area contributed by atoms with Gasteiger partial charge in [0, 0.05) is 0 Å². The van der Waals surface area contributed by atoms with Crippen LogP contribution < -0.4 is 0 Å². The normalized spacial score (nSPS) is 10.6. The average Bonchev–Trinajstić information content (AvgIpc) is 2.39. The van der Waals surface area contributed by atoms with Gasteiger partial charge >= 0.3 is 0 Å². The first-order valence-corrected chi connectivity index (χ1v) is 7.75. The second-order valence-electron chi connectivity index (χ2n) is 4.83. The maximum Gasteiger partial charge on any atom is -0.00930 e. The van der Waals surface area contributed by atoms with Crippen molar-refractivity contribution in [1.82, 2.24) is 0 Å². The van der Waals surface area contributed by atoms with E-state index in [1.807, 2.05) is 0 Å². The minimum Gasteiger partial charge on any atom is -0.129 e. The predicted molar refractivity (Wildman–Crippen MR) is 83.6 cm³/mol. The topological polar surface area (TPSA) is 0 Å². The van der Waals surface area contributed by atoms with Crippen molar-refractivity contribution in [2.75, 3.05) is 0 Å². The van der Waals surface area contributed by atoms with E-state index >= 15 is 0 Å². The second kappa shape index (κ2) is 16.3. The smallest absolute Gasteiger partial charge is 0.00930 e.